The summed E-state index contributed by atoms with van der Waals surface area (Å²) >= 11 is 2.00. The number of hydrogen-bond acceptors (Lipinski definition) is 2. The average Bonchev–Trinajstić information content (AvgIpc) is 1.45. The van der Waals surface area contributed by atoms with E-state index >= 15 is 0 Å². The molecule has 0 N–H and O–H groups in total. The molecule has 9 aromatic carbocycles. The fraction of sp³-hybridized carbons (Fsp3) is 0.365. The fourth-order valence-electron chi connectivity index (χ4n) is 16.7. The Kier molecular flexibility index (Phi) is 13.5. The van der Waals surface area contributed by atoms with E-state index in [1.807, 2.05) is 11.3 Å². The molecule has 0 amide bonds. The molecule has 1 saturated carbocycles. The van der Waals surface area contributed by atoms with Gasteiger partial charge in [0.2, 0.25) is 6.71 Å². The molecule has 2 aliphatic carbocycles. The minimum Gasteiger partial charge on any atom is -0.310 e. The van der Waals surface area contributed by atoms with Gasteiger partial charge in [0.05, 0.1) is 0 Å². The third kappa shape index (κ3) is 9.43. The van der Waals surface area contributed by atoms with Crippen LogP contribution in [0.15, 0.2) is 176 Å². The Hall–Kier alpha value is -6.94. The van der Waals surface area contributed by atoms with Crippen molar-refractivity contribution in [2.24, 2.45) is 5.41 Å². The molecule has 4 unspecified atom stereocenters. The lowest BCUT2D eigenvalue weighted by molar-refractivity contribution is 0.0925. The first-order valence-electron chi connectivity index (χ1n) is 33.2. The molecular weight excluding hydrogens is 1080 g/mol. The molecule has 0 radical (unpaired) electrons. The molecule has 4 aliphatic rings. The molecule has 1 fully saturated rings. The van der Waals surface area contributed by atoms with Crippen LogP contribution in [0.4, 0.5) is 17.1 Å². The zero-order chi connectivity index (χ0) is 62.0. The van der Waals surface area contributed by atoms with Crippen LogP contribution in [-0.4, -0.2) is 6.71 Å². The first-order chi connectivity index (χ1) is 41.5. The molecule has 0 bridgehead atoms. The van der Waals surface area contributed by atoms with Gasteiger partial charge >= 0.3 is 0 Å². The minimum atomic E-state index is -0.0773. The normalized spacial score (nSPS) is 19.8. The quantitative estimate of drug-likeness (QED) is 0.144. The van der Waals surface area contributed by atoms with E-state index in [1.165, 1.54) is 135 Å². The van der Waals surface area contributed by atoms with Crippen molar-refractivity contribution in [1.29, 1.82) is 0 Å². The second kappa shape index (κ2) is 20.3. The number of benzene rings is 9. The molecule has 1 nitrogen and oxygen atoms in total. The highest BCUT2D eigenvalue weighted by molar-refractivity contribution is 7.26. The number of hydrogen-bond donors (Lipinski definition) is 0. The zero-order valence-electron chi connectivity index (χ0n) is 55.9. The Labute approximate surface area is 532 Å². The lowest BCUT2D eigenvalue weighted by Crippen LogP contribution is -2.63. The Morgan fingerprint density at radius 1 is 0.443 bits per heavy atom. The molecule has 446 valence electrons. The molecule has 0 spiro atoms. The number of fused-ring (bicyclic) bond motifs is 10. The summed E-state index contributed by atoms with van der Waals surface area (Å²) in [6.07, 6.45) is 5.79. The van der Waals surface area contributed by atoms with E-state index in [0.29, 0.717) is 0 Å². The van der Waals surface area contributed by atoms with Crippen LogP contribution in [0.3, 0.4) is 0 Å². The van der Waals surface area contributed by atoms with Crippen molar-refractivity contribution < 1.29 is 0 Å². The van der Waals surface area contributed by atoms with Crippen LogP contribution in [0, 0.1) is 5.41 Å². The average molecular weight is 1170 g/mol. The summed E-state index contributed by atoms with van der Waals surface area (Å²) in [7, 11) is 0. The molecule has 3 heteroatoms. The maximum Gasteiger partial charge on any atom is 0.242 e. The highest BCUT2D eigenvalue weighted by Gasteiger charge is 2.62. The van der Waals surface area contributed by atoms with Gasteiger partial charge in [-0.05, 0) is 195 Å². The van der Waals surface area contributed by atoms with Crippen molar-refractivity contribution in [2.75, 3.05) is 4.90 Å². The Morgan fingerprint density at radius 3 is 1.49 bits per heavy atom. The number of thiophene rings is 1. The van der Waals surface area contributed by atoms with Gasteiger partial charge in [0, 0.05) is 43.7 Å². The van der Waals surface area contributed by atoms with Crippen molar-refractivity contribution in [3.8, 4) is 22.3 Å². The van der Waals surface area contributed by atoms with Gasteiger partial charge in [-0.2, -0.15) is 0 Å². The molecule has 10 aromatic rings. The molecule has 4 atom stereocenters. The predicted octanol–water partition coefficient (Wildman–Crippen LogP) is 21.8. The van der Waals surface area contributed by atoms with Gasteiger partial charge < -0.3 is 4.90 Å². The molecular formula is C85H92BNS. The van der Waals surface area contributed by atoms with E-state index < -0.39 is 0 Å². The van der Waals surface area contributed by atoms with Gasteiger partial charge in [-0.15, -0.1) is 11.3 Å². The molecule has 2 aliphatic heterocycles. The Morgan fingerprint density at radius 2 is 0.943 bits per heavy atom. The standard InChI is InChI=1S/C85H92BNS/c1-79(2,3)54-30-35-59(36-31-54)87(60-37-32-55(33-38-60)80(4,5)6)61-47-69-66(49-65-63(52-26-20-18-21-27-52)42-57(82(10,11)12)43-64(65)53-28-22-19-23-29-53)67-51-75-68(62-39-34-56(81(7,8)9)46-74(62)88-75)50-72(67)86-73-45-58(83(13,14)15)44-71-76(73)77(70(48-61)78(69)86)85(17)41-25-24-40-84(71,85)16/h18-23,26-39,42-48,50-51,66,77H,24-25,40-41,49H2,1-17H3. The van der Waals surface area contributed by atoms with Crippen molar-refractivity contribution in [3.05, 3.63) is 237 Å². The summed E-state index contributed by atoms with van der Waals surface area (Å²) in [4.78, 5) is 2.64. The van der Waals surface area contributed by atoms with E-state index in [9.17, 15) is 0 Å². The van der Waals surface area contributed by atoms with Crippen LogP contribution in [0.2, 0.25) is 0 Å². The summed E-state index contributed by atoms with van der Waals surface area (Å²) in [5.74, 6) is 0.238. The maximum atomic E-state index is 2.75. The smallest absolute Gasteiger partial charge is 0.242 e. The third-order valence-corrected chi connectivity index (χ3v) is 23.3. The van der Waals surface area contributed by atoms with E-state index in [1.54, 1.807) is 27.6 Å². The van der Waals surface area contributed by atoms with Gasteiger partial charge in [0.15, 0.2) is 0 Å². The second-order valence-electron chi connectivity index (χ2n) is 32.9. The van der Waals surface area contributed by atoms with Gasteiger partial charge in [0.25, 0.3) is 0 Å². The third-order valence-electron chi connectivity index (χ3n) is 22.2. The summed E-state index contributed by atoms with van der Waals surface area (Å²) in [5, 5.41) is 2.77. The molecule has 14 rings (SSSR count). The lowest BCUT2D eigenvalue weighted by atomic mass is 9.28. The first kappa shape index (κ1) is 58.7. The number of anilines is 3. The zero-order valence-corrected chi connectivity index (χ0v) is 56.7. The van der Waals surface area contributed by atoms with Crippen LogP contribution in [0.25, 0.3) is 42.4 Å². The summed E-state index contributed by atoms with van der Waals surface area (Å²) in [6.45, 7) is 41.1. The van der Waals surface area contributed by atoms with E-state index in [2.05, 4.69) is 299 Å². The van der Waals surface area contributed by atoms with Crippen LogP contribution in [0.1, 0.15) is 216 Å². The van der Waals surface area contributed by atoms with E-state index in [0.717, 1.165) is 6.42 Å². The largest absolute Gasteiger partial charge is 0.310 e. The first-order valence-corrected chi connectivity index (χ1v) is 34.0. The van der Waals surface area contributed by atoms with Crippen LogP contribution < -0.4 is 21.3 Å². The topological polar surface area (TPSA) is 3.24 Å². The van der Waals surface area contributed by atoms with E-state index in [-0.39, 0.29) is 56.5 Å². The van der Waals surface area contributed by atoms with Gasteiger partial charge in [0.1, 0.15) is 0 Å². The lowest BCUT2D eigenvalue weighted by Gasteiger charge is -2.51. The highest BCUT2D eigenvalue weighted by Crippen LogP contribution is 2.68. The summed E-state index contributed by atoms with van der Waals surface area (Å²) in [6, 6.07) is 70.9. The van der Waals surface area contributed by atoms with Gasteiger partial charge in [-0.25, -0.2) is 0 Å². The Balaban J connectivity index is 1.14. The van der Waals surface area contributed by atoms with Crippen molar-refractivity contribution in [3.63, 3.8) is 0 Å². The summed E-state index contributed by atoms with van der Waals surface area (Å²) < 4.78 is 2.76. The SMILES string of the molecule is CC(C)(C)c1ccc(N(c2ccc(C(C)(C)C)cc2)c2cc3c4c(c2)C2c5c(cc(C(C)(C)C)cc5C5(C)CCCCC25C)B4c2cc4c(cc2C3Cc2c(-c3ccccc3)cc(C(C)(C)C)cc2-c2ccccc2)sc2cc(C(C)(C)C)ccc24)cc1. The summed E-state index contributed by atoms with van der Waals surface area (Å²) in [5.41, 5.74) is 29.6. The minimum absolute atomic E-state index is 0.00153. The Bertz CT molecular complexity index is 4270. The molecule has 88 heavy (non-hydrogen) atoms. The van der Waals surface area contributed by atoms with Gasteiger partial charge in [-0.1, -0.05) is 274 Å². The number of rotatable bonds is 7. The van der Waals surface area contributed by atoms with Crippen LogP contribution in [-0.2, 0) is 38.9 Å². The maximum absolute atomic E-state index is 2.75. The van der Waals surface area contributed by atoms with Crippen LogP contribution >= 0.6 is 11.3 Å². The highest BCUT2D eigenvalue weighted by atomic mass is 32.1. The fourth-order valence-corrected chi connectivity index (χ4v) is 17.9. The van der Waals surface area contributed by atoms with E-state index in [4.69, 9.17) is 0 Å². The van der Waals surface area contributed by atoms with Crippen LogP contribution in [0.5, 0.6) is 0 Å². The molecule has 0 saturated heterocycles. The van der Waals surface area contributed by atoms with Crippen molar-refractivity contribution in [1.82, 2.24) is 0 Å². The van der Waals surface area contributed by atoms with Crippen molar-refractivity contribution in [2.45, 2.75) is 194 Å². The monoisotopic (exact) mass is 1170 g/mol. The predicted molar refractivity (Wildman–Crippen MR) is 384 cm³/mol. The van der Waals surface area contributed by atoms with Crippen molar-refractivity contribution >= 4 is 71.7 Å². The molecule has 1 aromatic heterocycles. The number of nitrogens with zero attached hydrogens (tertiary/aromatic N) is 1. The molecule has 3 heterocycles. The second-order valence-corrected chi connectivity index (χ2v) is 34.0. The van der Waals surface area contributed by atoms with Gasteiger partial charge in [-0.3, -0.25) is 0 Å².